The van der Waals surface area contributed by atoms with Gasteiger partial charge in [0, 0.05) is 6.07 Å². The lowest BCUT2D eigenvalue weighted by molar-refractivity contribution is -0.135. The van der Waals surface area contributed by atoms with Crippen molar-refractivity contribution >= 4 is 74.9 Å². The van der Waals surface area contributed by atoms with Gasteiger partial charge in [-0.05, 0) is 6.07 Å². The highest BCUT2D eigenvalue weighted by Crippen LogP contribution is 2.33. The van der Waals surface area contributed by atoms with Gasteiger partial charge in [0.05, 0.1) is 20.8 Å². The van der Waals surface area contributed by atoms with Gasteiger partial charge in [0.25, 0.3) is 11.8 Å². The van der Waals surface area contributed by atoms with Crippen molar-refractivity contribution in [1.82, 2.24) is 10.4 Å². The summed E-state index contributed by atoms with van der Waals surface area (Å²) in [6, 6.07) is 2.81. The lowest BCUT2D eigenvalue weighted by Gasteiger charge is -2.16. The SMILES string of the molecule is O=C(COc1cc(Cl)c(Cl)cc1Cl)NN1C(=O)CSC1=S. The molecule has 1 aliphatic rings. The van der Waals surface area contributed by atoms with E-state index in [2.05, 4.69) is 5.43 Å². The number of benzene rings is 1. The zero-order valence-corrected chi connectivity index (χ0v) is 14.1. The van der Waals surface area contributed by atoms with E-state index in [-0.39, 0.29) is 39.1 Å². The van der Waals surface area contributed by atoms with Gasteiger partial charge in [-0.15, -0.1) is 0 Å². The van der Waals surface area contributed by atoms with E-state index in [4.69, 9.17) is 51.8 Å². The van der Waals surface area contributed by atoms with Gasteiger partial charge in [-0.3, -0.25) is 15.0 Å². The number of carbonyl (C=O) groups is 2. The van der Waals surface area contributed by atoms with Gasteiger partial charge in [0.15, 0.2) is 10.9 Å². The van der Waals surface area contributed by atoms with Crippen LogP contribution in [0.25, 0.3) is 0 Å². The number of ether oxygens (including phenoxy) is 1. The molecule has 5 nitrogen and oxygen atoms in total. The molecule has 1 fully saturated rings. The van der Waals surface area contributed by atoms with E-state index in [1.165, 1.54) is 23.9 Å². The molecule has 21 heavy (non-hydrogen) atoms. The zero-order valence-electron chi connectivity index (χ0n) is 10.2. The summed E-state index contributed by atoms with van der Waals surface area (Å²) >= 11 is 23.6. The monoisotopic (exact) mass is 384 g/mol. The predicted octanol–water partition coefficient (Wildman–Crippen LogP) is 2.92. The number of hydrazine groups is 1. The molecule has 1 aliphatic heterocycles. The van der Waals surface area contributed by atoms with Crippen molar-refractivity contribution in [3.8, 4) is 5.75 Å². The van der Waals surface area contributed by atoms with Crippen molar-refractivity contribution in [2.45, 2.75) is 0 Å². The van der Waals surface area contributed by atoms with E-state index in [0.717, 1.165) is 5.01 Å². The first-order valence-corrected chi connectivity index (χ1v) is 7.98. The molecule has 0 spiro atoms. The first kappa shape index (κ1) is 16.6. The lowest BCUT2D eigenvalue weighted by atomic mass is 10.3. The summed E-state index contributed by atoms with van der Waals surface area (Å²) in [6.07, 6.45) is 0. The van der Waals surface area contributed by atoms with Crippen LogP contribution in [0, 0.1) is 0 Å². The van der Waals surface area contributed by atoms with E-state index < -0.39 is 5.91 Å². The van der Waals surface area contributed by atoms with Crippen molar-refractivity contribution in [1.29, 1.82) is 0 Å². The number of hydrogen-bond acceptors (Lipinski definition) is 5. The summed E-state index contributed by atoms with van der Waals surface area (Å²) in [5.41, 5.74) is 2.35. The average molecular weight is 386 g/mol. The van der Waals surface area contributed by atoms with Gasteiger partial charge in [-0.25, -0.2) is 5.01 Å². The van der Waals surface area contributed by atoms with Crippen LogP contribution < -0.4 is 10.2 Å². The normalized spacial score (nSPS) is 14.5. The van der Waals surface area contributed by atoms with Gasteiger partial charge in [0.2, 0.25) is 0 Å². The molecule has 1 heterocycles. The van der Waals surface area contributed by atoms with Gasteiger partial charge in [-0.1, -0.05) is 58.8 Å². The summed E-state index contributed by atoms with van der Waals surface area (Å²) in [4.78, 5) is 23.2. The smallest absolute Gasteiger partial charge is 0.276 e. The molecule has 1 saturated heterocycles. The maximum Gasteiger partial charge on any atom is 0.276 e. The molecular weight excluding hydrogens is 379 g/mol. The van der Waals surface area contributed by atoms with Crippen molar-refractivity contribution in [3.05, 3.63) is 27.2 Å². The largest absolute Gasteiger partial charge is 0.482 e. The topological polar surface area (TPSA) is 58.6 Å². The fourth-order valence-electron chi connectivity index (χ4n) is 1.38. The van der Waals surface area contributed by atoms with Crippen molar-refractivity contribution < 1.29 is 14.3 Å². The highest BCUT2D eigenvalue weighted by atomic mass is 35.5. The van der Waals surface area contributed by atoms with Gasteiger partial charge in [-0.2, -0.15) is 0 Å². The molecule has 10 heteroatoms. The standard InChI is InChI=1S/C11H7Cl3N2O3S2/c12-5-1-7(14)8(2-6(5)13)19-3-9(17)15-16-10(18)4-21-11(16)20/h1-2H,3-4H2,(H,15,17). The van der Waals surface area contributed by atoms with Crippen molar-refractivity contribution in [2.24, 2.45) is 0 Å². The van der Waals surface area contributed by atoms with E-state index in [1.54, 1.807) is 0 Å². The van der Waals surface area contributed by atoms with Crippen LogP contribution in [-0.2, 0) is 9.59 Å². The quantitative estimate of drug-likeness (QED) is 0.638. The second kappa shape index (κ2) is 7.02. The summed E-state index contributed by atoms with van der Waals surface area (Å²) in [6.45, 7) is -0.352. The summed E-state index contributed by atoms with van der Waals surface area (Å²) in [5, 5.41) is 1.77. The number of rotatable bonds is 4. The summed E-state index contributed by atoms with van der Waals surface area (Å²) < 4.78 is 5.53. The van der Waals surface area contributed by atoms with Crippen molar-refractivity contribution in [3.63, 3.8) is 0 Å². The van der Waals surface area contributed by atoms with Crippen LogP contribution in [0.5, 0.6) is 5.75 Å². The van der Waals surface area contributed by atoms with Crippen LogP contribution >= 0.6 is 58.8 Å². The zero-order chi connectivity index (χ0) is 15.6. The third-order valence-electron chi connectivity index (χ3n) is 2.32. The summed E-state index contributed by atoms with van der Waals surface area (Å²) in [5.74, 6) is -0.411. The minimum Gasteiger partial charge on any atom is -0.482 e. The Morgan fingerprint density at radius 3 is 2.62 bits per heavy atom. The highest BCUT2D eigenvalue weighted by molar-refractivity contribution is 8.23. The maximum atomic E-state index is 11.7. The highest BCUT2D eigenvalue weighted by Gasteiger charge is 2.28. The van der Waals surface area contributed by atoms with Crippen LogP contribution in [-0.4, -0.2) is 33.5 Å². The van der Waals surface area contributed by atoms with Crippen LogP contribution in [0.3, 0.4) is 0 Å². The number of amides is 2. The Kier molecular flexibility index (Phi) is 5.56. The summed E-state index contributed by atoms with van der Waals surface area (Å²) in [7, 11) is 0. The number of nitrogens with one attached hydrogen (secondary N) is 1. The minimum atomic E-state index is -0.546. The average Bonchev–Trinajstić information content (AvgIpc) is 2.73. The predicted molar refractivity (Wildman–Crippen MR) is 87.0 cm³/mol. The number of carbonyl (C=O) groups excluding carboxylic acids is 2. The molecule has 112 valence electrons. The second-order valence-electron chi connectivity index (χ2n) is 3.80. The van der Waals surface area contributed by atoms with Gasteiger partial charge >= 0.3 is 0 Å². The molecule has 1 N–H and O–H groups in total. The third-order valence-corrected chi connectivity index (χ3v) is 4.70. The fraction of sp³-hybridized carbons (Fsp3) is 0.182. The molecule has 0 radical (unpaired) electrons. The van der Waals surface area contributed by atoms with E-state index in [9.17, 15) is 9.59 Å². The fourth-order valence-corrected chi connectivity index (χ4v) is 2.95. The Labute approximate surface area is 144 Å². The second-order valence-corrected chi connectivity index (χ2v) is 6.63. The minimum absolute atomic E-state index is 0.207. The molecule has 0 aliphatic carbocycles. The third kappa shape index (κ3) is 4.14. The molecule has 2 rings (SSSR count). The molecule has 0 atom stereocenters. The molecule has 1 aromatic carbocycles. The Morgan fingerprint density at radius 2 is 2.00 bits per heavy atom. The van der Waals surface area contributed by atoms with Crippen LogP contribution in [0.15, 0.2) is 12.1 Å². The maximum absolute atomic E-state index is 11.7. The van der Waals surface area contributed by atoms with E-state index in [0.29, 0.717) is 4.32 Å². The van der Waals surface area contributed by atoms with Gasteiger partial charge < -0.3 is 4.74 Å². The number of thiocarbonyl (C=S) groups is 1. The lowest BCUT2D eigenvalue weighted by Crippen LogP contribution is -2.46. The Hall–Kier alpha value is -0.730. The molecule has 2 amide bonds. The molecule has 0 bridgehead atoms. The molecular formula is C11H7Cl3N2O3S2. The first-order valence-electron chi connectivity index (χ1n) is 5.45. The van der Waals surface area contributed by atoms with E-state index >= 15 is 0 Å². The number of halogens is 3. The number of hydrogen-bond donors (Lipinski definition) is 1. The number of thioether (sulfide) groups is 1. The van der Waals surface area contributed by atoms with Gasteiger partial charge in [0.1, 0.15) is 5.75 Å². The van der Waals surface area contributed by atoms with Crippen LogP contribution in [0.4, 0.5) is 0 Å². The molecule has 1 aromatic rings. The van der Waals surface area contributed by atoms with Crippen molar-refractivity contribution in [2.75, 3.05) is 12.4 Å². The number of nitrogens with zero attached hydrogens (tertiary/aromatic N) is 1. The van der Waals surface area contributed by atoms with Crippen LogP contribution in [0.1, 0.15) is 0 Å². The Morgan fingerprint density at radius 1 is 1.33 bits per heavy atom. The molecule has 0 aromatic heterocycles. The molecule has 0 saturated carbocycles. The van der Waals surface area contributed by atoms with Crippen LogP contribution in [0.2, 0.25) is 15.1 Å². The Bertz CT molecular complexity index is 611. The first-order chi connectivity index (χ1) is 9.88. The molecule has 0 unspecified atom stereocenters. The van der Waals surface area contributed by atoms with E-state index in [1.807, 2.05) is 0 Å². The Balaban J connectivity index is 1.94.